The molecule has 2 N–H and O–H groups in total. The molecule has 24 heavy (non-hydrogen) atoms. The van der Waals surface area contributed by atoms with E-state index >= 15 is 0 Å². The van der Waals surface area contributed by atoms with Crippen LogP contribution >= 0.6 is 0 Å². The molecule has 2 amide bonds. The van der Waals surface area contributed by atoms with Gasteiger partial charge in [0.1, 0.15) is 5.75 Å². The highest BCUT2D eigenvalue weighted by Gasteiger charge is 2.04. The molecule has 122 valence electrons. The molecule has 1 aromatic carbocycles. The molecule has 0 aliphatic rings. The SMILES string of the molecule is COc1cccc(NC(=O)NCc2ccc(-c3ccoc3)nc2)c1. The fourth-order valence-corrected chi connectivity index (χ4v) is 2.17. The summed E-state index contributed by atoms with van der Waals surface area (Å²) in [6.45, 7) is 0.383. The Morgan fingerprint density at radius 2 is 2.17 bits per heavy atom. The van der Waals surface area contributed by atoms with Crippen molar-refractivity contribution in [2.75, 3.05) is 12.4 Å². The van der Waals surface area contributed by atoms with Crippen molar-refractivity contribution >= 4 is 11.7 Å². The zero-order valence-electron chi connectivity index (χ0n) is 13.2. The van der Waals surface area contributed by atoms with Crippen molar-refractivity contribution in [3.8, 4) is 17.0 Å². The maximum atomic E-state index is 11.9. The van der Waals surface area contributed by atoms with Crippen LogP contribution in [0.1, 0.15) is 5.56 Å². The molecule has 0 aliphatic heterocycles. The fourth-order valence-electron chi connectivity index (χ4n) is 2.17. The van der Waals surface area contributed by atoms with E-state index in [-0.39, 0.29) is 6.03 Å². The number of carbonyl (C=O) groups excluding carboxylic acids is 1. The quantitative estimate of drug-likeness (QED) is 0.751. The molecule has 0 unspecified atom stereocenters. The van der Waals surface area contributed by atoms with Crippen LogP contribution in [-0.2, 0) is 6.54 Å². The van der Waals surface area contributed by atoms with Gasteiger partial charge in [-0.05, 0) is 29.8 Å². The predicted octanol–water partition coefficient (Wildman–Crippen LogP) is 3.67. The number of pyridine rings is 1. The molecule has 6 nitrogen and oxygen atoms in total. The van der Waals surface area contributed by atoms with E-state index in [1.54, 1.807) is 38.0 Å². The van der Waals surface area contributed by atoms with E-state index in [2.05, 4.69) is 15.6 Å². The zero-order chi connectivity index (χ0) is 16.8. The Balaban J connectivity index is 1.54. The van der Waals surface area contributed by atoms with Crippen molar-refractivity contribution in [1.82, 2.24) is 10.3 Å². The smallest absolute Gasteiger partial charge is 0.319 e. The molecule has 3 aromatic rings. The maximum Gasteiger partial charge on any atom is 0.319 e. The number of amides is 2. The normalized spacial score (nSPS) is 10.2. The summed E-state index contributed by atoms with van der Waals surface area (Å²) in [6.07, 6.45) is 4.98. The van der Waals surface area contributed by atoms with Crippen LogP contribution in [0.5, 0.6) is 5.75 Å². The van der Waals surface area contributed by atoms with E-state index in [1.807, 2.05) is 30.3 Å². The van der Waals surface area contributed by atoms with E-state index in [9.17, 15) is 4.79 Å². The summed E-state index contributed by atoms with van der Waals surface area (Å²) in [5.41, 5.74) is 3.32. The third-order valence-corrected chi connectivity index (χ3v) is 3.42. The summed E-state index contributed by atoms with van der Waals surface area (Å²) < 4.78 is 10.2. The lowest BCUT2D eigenvalue weighted by Gasteiger charge is -2.09. The zero-order valence-corrected chi connectivity index (χ0v) is 13.2. The van der Waals surface area contributed by atoms with Crippen LogP contribution in [0.15, 0.2) is 65.6 Å². The third kappa shape index (κ3) is 3.92. The first-order chi connectivity index (χ1) is 11.7. The lowest BCUT2D eigenvalue weighted by atomic mass is 10.2. The molecule has 0 aliphatic carbocycles. The number of hydrogen-bond donors (Lipinski definition) is 2. The number of nitrogens with one attached hydrogen (secondary N) is 2. The number of hydrogen-bond acceptors (Lipinski definition) is 4. The van der Waals surface area contributed by atoms with Crippen LogP contribution in [-0.4, -0.2) is 18.1 Å². The number of furan rings is 1. The molecule has 0 saturated heterocycles. The average Bonchev–Trinajstić information content (AvgIpc) is 3.15. The van der Waals surface area contributed by atoms with Gasteiger partial charge in [-0.1, -0.05) is 12.1 Å². The lowest BCUT2D eigenvalue weighted by molar-refractivity contribution is 0.251. The van der Waals surface area contributed by atoms with E-state index in [4.69, 9.17) is 9.15 Å². The minimum atomic E-state index is -0.290. The standard InChI is InChI=1S/C18H17N3O3/c1-23-16-4-2-3-15(9-16)21-18(22)20-11-13-5-6-17(19-10-13)14-7-8-24-12-14/h2-10,12H,11H2,1H3,(H2,20,21,22). The molecule has 3 rings (SSSR count). The number of nitrogens with zero attached hydrogens (tertiary/aromatic N) is 1. The van der Waals surface area contributed by atoms with Gasteiger partial charge in [0.2, 0.25) is 0 Å². The first-order valence-corrected chi connectivity index (χ1v) is 7.41. The van der Waals surface area contributed by atoms with Gasteiger partial charge in [0.15, 0.2) is 0 Å². The summed E-state index contributed by atoms with van der Waals surface area (Å²) in [5.74, 6) is 0.687. The van der Waals surface area contributed by atoms with Crippen LogP contribution in [0.4, 0.5) is 10.5 Å². The van der Waals surface area contributed by atoms with Crippen molar-refractivity contribution in [3.63, 3.8) is 0 Å². The van der Waals surface area contributed by atoms with Gasteiger partial charge in [-0.25, -0.2) is 4.79 Å². The van der Waals surface area contributed by atoms with E-state index in [0.29, 0.717) is 18.0 Å². The Kier molecular flexibility index (Phi) is 4.76. The number of benzene rings is 1. The second-order valence-electron chi connectivity index (χ2n) is 5.10. The molecule has 6 heteroatoms. The van der Waals surface area contributed by atoms with E-state index < -0.39 is 0 Å². The minimum Gasteiger partial charge on any atom is -0.497 e. The monoisotopic (exact) mass is 323 g/mol. The summed E-state index contributed by atoms with van der Waals surface area (Å²) in [4.78, 5) is 16.3. The number of ether oxygens (including phenoxy) is 1. The fraction of sp³-hybridized carbons (Fsp3) is 0.111. The van der Waals surface area contributed by atoms with Gasteiger partial charge >= 0.3 is 6.03 Å². The van der Waals surface area contributed by atoms with Crippen LogP contribution in [0.2, 0.25) is 0 Å². The Morgan fingerprint density at radius 1 is 1.25 bits per heavy atom. The molecule has 0 spiro atoms. The minimum absolute atomic E-state index is 0.290. The average molecular weight is 323 g/mol. The number of rotatable bonds is 5. The first-order valence-electron chi connectivity index (χ1n) is 7.41. The Labute approximate surface area is 139 Å². The van der Waals surface area contributed by atoms with Crippen LogP contribution in [0.25, 0.3) is 11.3 Å². The van der Waals surface area contributed by atoms with Crippen molar-refractivity contribution in [1.29, 1.82) is 0 Å². The molecule has 0 bridgehead atoms. The number of methoxy groups -OCH3 is 1. The van der Waals surface area contributed by atoms with E-state index in [0.717, 1.165) is 16.8 Å². The van der Waals surface area contributed by atoms with Gasteiger partial charge < -0.3 is 19.8 Å². The molecule has 0 radical (unpaired) electrons. The molecular weight excluding hydrogens is 306 g/mol. The summed E-state index contributed by atoms with van der Waals surface area (Å²) >= 11 is 0. The predicted molar refractivity (Wildman–Crippen MR) is 90.8 cm³/mol. The number of anilines is 1. The molecule has 0 fully saturated rings. The second-order valence-corrected chi connectivity index (χ2v) is 5.10. The Hall–Kier alpha value is -3.28. The van der Waals surface area contributed by atoms with Crippen LogP contribution in [0.3, 0.4) is 0 Å². The molecule has 0 saturated carbocycles. The first kappa shape index (κ1) is 15.6. The highest BCUT2D eigenvalue weighted by atomic mass is 16.5. The van der Waals surface area contributed by atoms with Gasteiger partial charge in [-0.3, -0.25) is 4.98 Å². The lowest BCUT2D eigenvalue weighted by Crippen LogP contribution is -2.28. The van der Waals surface area contributed by atoms with Gasteiger partial charge in [0.05, 0.1) is 25.3 Å². The Morgan fingerprint density at radius 3 is 2.88 bits per heavy atom. The number of urea groups is 1. The van der Waals surface area contributed by atoms with Crippen molar-refractivity contribution in [2.24, 2.45) is 0 Å². The number of carbonyl (C=O) groups is 1. The van der Waals surface area contributed by atoms with Crippen LogP contribution in [0, 0.1) is 0 Å². The summed E-state index contributed by atoms with van der Waals surface area (Å²) in [7, 11) is 1.58. The van der Waals surface area contributed by atoms with Gasteiger partial charge in [-0.2, -0.15) is 0 Å². The van der Waals surface area contributed by atoms with Crippen molar-refractivity contribution < 1.29 is 13.9 Å². The molecule has 2 heterocycles. The van der Waals surface area contributed by atoms with Gasteiger partial charge in [0.25, 0.3) is 0 Å². The van der Waals surface area contributed by atoms with Gasteiger partial charge in [0, 0.05) is 30.1 Å². The highest BCUT2D eigenvalue weighted by molar-refractivity contribution is 5.89. The maximum absolute atomic E-state index is 11.9. The molecular formula is C18H17N3O3. The van der Waals surface area contributed by atoms with Crippen molar-refractivity contribution in [3.05, 3.63) is 66.8 Å². The van der Waals surface area contributed by atoms with Crippen molar-refractivity contribution in [2.45, 2.75) is 6.54 Å². The van der Waals surface area contributed by atoms with E-state index in [1.165, 1.54) is 0 Å². The topological polar surface area (TPSA) is 76.4 Å². The summed E-state index contributed by atoms with van der Waals surface area (Å²) in [5, 5.41) is 5.55. The number of aromatic nitrogens is 1. The molecule has 0 atom stereocenters. The third-order valence-electron chi connectivity index (χ3n) is 3.42. The van der Waals surface area contributed by atoms with Crippen LogP contribution < -0.4 is 15.4 Å². The largest absolute Gasteiger partial charge is 0.497 e. The highest BCUT2D eigenvalue weighted by Crippen LogP contribution is 2.18. The van der Waals surface area contributed by atoms with Gasteiger partial charge in [-0.15, -0.1) is 0 Å². The second kappa shape index (κ2) is 7.32. The summed E-state index contributed by atoms with van der Waals surface area (Å²) in [6, 6.07) is 12.5. The molecule has 2 aromatic heterocycles. The Bertz CT molecular complexity index is 799.